The molecule has 2 aromatic carbocycles. The summed E-state index contributed by atoms with van der Waals surface area (Å²) in [6.07, 6.45) is 1.50. The monoisotopic (exact) mass is 454 g/mol. The molecule has 0 spiro atoms. The molecule has 2 unspecified atom stereocenters. The minimum absolute atomic E-state index is 0.0131. The molecule has 0 amide bonds. The molecule has 0 heterocycles. The lowest BCUT2D eigenvalue weighted by molar-refractivity contribution is -0.153. The van der Waals surface area contributed by atoms with Crippen molar-refractivity contribution in [2.45, 2.75) is 31.2 Å². The van der Waals surface area contributed by atoms with E-state index < -0.39 is 38.7 Å². The predicted octanol–water partition coefficient (Wildman–Crippen LogP) is 4.70. The first-order valence-electron chi connectivity index (χ1n) is 9.57. The Morgan fingerprint density at radius 2 is 1.58 bits per heavy atom. The predicted molar refractivity (Wildman–Crippen MR) is 107 cm³/mol. The van der Waals surface area contributed by atoms with E-state index in [1.54, 1.807) is 60.7 Å². The van der Waals surface area contributed by atoms with Gasteiger partial charge in [-0.2, -0.15) is 21.6 Å². The fraction of sp³-hybridized carbons (Fsp3) is 0.318. The maximum Gasteiger partial charge on any atom is 0.534 e. The van der Waals surface area contributed by atoms with Crippen molar-refractivity contribution in [2.75, 3.05) is 0 Å². The largest absolute Gasteiger partial charge is 0.534 e. The smallest absolute Gasteiger partial charge is 0.481 e. The van der Waals surface area contributed by atoms with E-state index in [1.165, 1.54) is 6.08 Å². The molecule has 5 nitrogen and oxygen atoms in total. The van der Waals surface area contributed by atoms with Crippen LogP contribution >= 0.6 is 0 Å². The number of benzene rings is 2. The third-order valence-electron chi connectivity index (χ3n) is 5.51. The van der Waals surface area contributed by atoms with Crippen LogP contribution in [-0.2, 0) is 31.9 Å². The number of allylic oxidation sites excluding steroid dienone is 2. The molecule has 3 rings (SSSR count). The lowest BCUT2D eigenvalue weighted by Gasteiger charge is -2.41. The first-order valence-corrected chi connectivity index (χ1v) is 11.0. The lowest BCUT2D eigenvalue weighted by atomic mass is 9.63. The molecular weight excluding hydrogens is 433 g/mol. The SMILES string of the molecule is O=C(O)C1(Cc2ccccc2)CCC=C(OS(=O)(=O)C(F)(F)F)C1Cc1ccccc1. The van der Waals surface area contributed by atoms with Crippen molar-refractivity contribution < 1.29 is 35.7 Å². The van der Waals surface area contributed by atoms with Crippen LogP contribution in [0.2, 0.25) is 0 Å². The fourth-order valence-corrected chi connectivity index (χ4v) is 4.51. The Morgan fingerprint density at radius 3 is 2.10 bits per heavy atom. The van der Waals surface area contributed by atoms with Crippen LogP contribution < -0.4 is 0 Å². The first kappa shape index (κ1) is 22.9. The average Bonchev–Trinajstić information content (AvgIpc) is 2.71. The van der Waals surface area contributed by atoms with Crippen molar-refractivity contribution in [1.29, 1.82) is 0 Å². The van der Waals surface area contributed by atoms with Gasteiger partial charge >= 0.3 is 21.6 Å². The van der Waals surface area contributed by atoms with E-state index in [-0.39, 0.29) is 25.7 Å². The normalized spacial score (nSPS) is 21.9. The van der Waals surface area contributed by atoms with Gasteiger partial charge in [-0.25, -0.2) is 0 Å². The third-order valence-corrected chi connectivity index (χ3v) is 6.49. The van der Waals surface area contributed by atoms with E-state index in [0.717, 1.165) is 0 Å². The summed E-state index contributed by atoms with van der Waals surface area (Å²) in [6, 6.07) is 17.3. The molecule has 0 fully saturated rings. The van der Waals surface area contributed by atoms with Gasteiger partial charge in [-0.3, -0.25) is 4.79 Å². The second kappa shape index (κ2) is 8.74. The fourth-order valence-electron chi connectivity index (χ4n) is 3.98. The Kier molecular flexibility index (Phi) is 6.45. The van der Waals surface area contributed by atoms with E-state index in [9.17, 15) is 31.5 Å². The van der Waals surface area contributed by atoms with Crippen LogP contribution in [0.4, 0.5) is 13.2 Å². The molecule has 1 aliphatic carbocycles. The quantitative estimate of drug-likeness (QED) is 0.484. The van der Waals surface area contributed by atoms with Gasteiger partial charge in [0.05, 0.1) is 5.41 Å². The molecule has 0 radical (unpaired) electrons. The minimum atomic E-state index is -5.93. The van der Waals surface area contributed by atoms with Gasteiger partial charge in [0.25, 0.3) is 0 Å². The van der Waals surface area contributed by atoms with Crippen molar-refractivity contribution in [3.8, 4) is 0 Å². The number of alkyl halides is 3. The van der Waals surface area contributed by atoms with Gasteiger partial charge in [0.1, 0.15) is 5.76 Å². The zero-order valence-corrected chi connectivity index (χ0v) is 17.2. The number of hydrogen-bond acceptors (Lipinski definition) is 4. The van der Waals surface area contributed by atoms with E-state index in [1.807, 2.05) is 0 Å². The molecule has 1 N–H and O–H groups in total. The number of halogens is 3. The number of carboxylic acids is 1. The Hall–Kier alpha value is -2.81. The number of carboxylic acid groups (broad SMARTS) is 1. The minimum Gasteiger partial charge on any atom is -0.481 e. The zero-order valence-electron chi connectivity index (χ0n) is 16.4. The van der Waals surface area contributed by atoms with E-state index in [0.29, 0.717) is 11.1 Å². The molecule has 9 heteroatoms. The van der Waals surface area contributed by atoms with Gasteiger partial charge in [-0.1, -0.05) is 60.7 Å². The van der Waals surface area contributed by atoms with Crippen molar-refractivity contribution in [3.05, 3.63) is 83.6 Å². The first-order chi connectivity index (χ1) is 14.6. The van der Waals surface area contributed by atoms with Gasteiger partial charge in [0, 0.05) is 5.92 Å². The summed E-state index contributed by atoms with van der Waals surface area (Å²) in [5, 5.41) is 10.2. The highest BCUT2D eigenvalue weighted by Gasteiger charge is 2.54. The number of hydrogen-bond donors (Lipinski definition) is 1. The Balaban J connectivity index is 2.08. The summed E-state index contributed by atoms with van der Waals surface area (Å²) in [5.41, 5.74) is -5.81. The van der Waals surface area contributed by atoms with Gasteiger partial charge in [-0.15, -0.1) is 0 Å². The van der Waals surface area contributed by atoms with Crippen LogP contribution in [0.5, 0.6) is 0 Å². The van der Waals surface area contributed by atoms with Crippen molar-refractivity contribution >= 4 is 16.1 Å². The highest BCUT2D eigenvalue weighted by atomic mass is 32.2. The molecular formula is C22H21F3O5S. The molecule has 0 aliphatic heterocycles. The number of carbonyl (C=O) groups is 1. The van der Waals surface area contributed by atoms with Gasteiger partial charge < -0.3 is 9.29 Å². The summed E-state index contributed by atoms with van der Waals surface area (Å²) in [4.78, 5) is 12.5. The Bertz CT molecular complexity index is 1050. The zero-order chi connectivity index (χ0) is 22.7. The topological polar surface area (TPSA) is 80.7 Å². The summed E-state index contributed by atoms with van der Waals surface area (Å²) in [6.45, 7) is 0. The van der Waals surface area contributed by atoms with Crippen LogP contribution in [0.1, 0.15) is 24.0 Å². The highest BCUT2D eigenvalue weighted by Crippen LogP contribution is 2.47. The van der Waals surface area contributed by atoms with E-state index in [2.05, 4.69) is 4.18 Å². The van der Waals surface area contributed by atoms with Crippen LogP contribution in [0.3, 0.4) is 0 Å². The summed E-state index contributed by atoms with van der Waals surface area (Å²) >= 11 is 0. The van der Waals surface area contributed by atoms with Crippen LogP contribution in [0, 0.1) is 11.3 Å². The molecule has 0 saturated carbocycles. The Labute approximate surface area is 178 Å². The van der Waals surface area contributed by atoms with Gasteiger partial charge in [-0.05, 0) is 42.9 Å². The summed E-state index contributed by atoms with van der Waals surface area (Å²) < 4.78 is 66.9. The van der Waals surface area contributed by atoms with Crippen LogP contribution in [-0.4, -0.2) is 25.0 Å². The third kappa shape index (κ3) is 4.92. The number of aliphatic carboxylic acids is 1. The maximum atomic E-state index is 13.0. The maximum absolute atomic E-state index is 13.0. The molecule has 166 valence electrons. The van der Waals surface area contributed by atoms with Gasteiger partial charge in [0.2, 0.25) is 0 Å². The molecule has 31 heavy (non-hydrogen) atoms. The molecule has 2 atom stereocenters. The molecule has 0 aromatic heterocycles. The molecule has 2 aromatic rings. The van der Waals surface area contributed by atoms with Crippen LogP contribution in [0.25, 0.3) is 0 Å². The van der Waals surface area contributed by atoms with Crippen molar-refractivity contribution in [3.63, 3.8) is 0 Å². The second-order valence-corrected chi connectivity index (χ2v) is 9.03. The number of rotatable bonds is 7. The van der Waals surface area contributed by atoms with Gasteiger partial charge in [0.15, 0.2) is 0 Å². The molecule has 1 aliphatic rings. The van der Waals surface area contributed by atoms with E-state index in [4.69, 9.17) is 0 Å². The van der Waals surface area contributed by atoms with Crippen molar-refractivity contribution in [2.24, 2.45) is 11.3 Å². The van der Waals surface area contributed by atoms with Crippen molar-refractivity contribution in [1.82, 2.24) is 0 Å². The second-order valence-electron chi connectivity index (χ2n) is 7.49. The molecule has 0 saturated heterocycles. The van der Waals surface area contributed by atoms with E-state index >= 15 is 0 Å². The van der Waals surface area contributed by atoms with Crippen LogP contribution in [0.15, 0.2) is 72.5 Å². The average molecular weight is 454 g/mol. The summed E-state index contributed by atoms with van der Waals surface area (Å²) in [7, 11) is -5.93. The highest BCUT2D eigenvalue weighted by molar-refractivity contribution is 7.87. The standard InChI is InChI=1S/C22H21F3O5S/c23-22(24,25)31(28,29)30-19-12-7-13-21(20(26)27,15-17-10-5-2-6-11-17)18(19)14-16-8-3-1-4-9-16/h1-6,8-12,18H,7,13-15H2,(H,26,27). The molecule has 0 bridgehead atoms. The summed E-state index contributed by atoms with van der Waals surface area (Å²) in [5.74, 6) is -2.81. The Morgan fingerprint density at radius 1 is 1.03 bits per heavy atom. The lowest BCUT2D eigenvalue weighted by Crippen LogP contribution is -2.45.